The number of hydrogen-bond acceptors (Lipinski definition) is 5. The van der Waals surface area contributed by atoms with Crippen LogP contribution in [-0.2, 0) is 0 Å². The molecule has 1 amide bonds. The quantitative estimate of drug-likeness (QED) is 0.670. The highest BCUT2D eigenvalue weighted by molar-refractivity contribution is 5.95. The molecule has 0 radical (unpaired) electrons. The number of hydrogen-bond donors (Lipinski definition) is 2. The lowest BCUT2D eigenvalue weighted by atomic mass is 10.2. The molecular weight excluding hydrogens is 284 g/mol. The zero-order valence-corrected chi connectivity index (χ0v) is 11.7. The first-order valence-corrected chi connectivity index (χ1v) is 6.74. The third kappa shape index (κ3) is 3.17. The summed E-state index contributed by atoms with van der Waals surface area (Å²) in [6.07, 6.45) is 1.45. The summed E-state index contributed by atoms with van der Waals surface area (Å²) in [7, 11) is 0. The Morgan fingerprint density at radius 2 is 1.95 bits per heavy atom. The minimum Gasteiger partial charge on any atom is -0.508 e. The molecule has 0 atom stereocenters. The number of benzene rings is 2. The van der Waals surface area contributed by atoms with Crippen molar-refractivity contribution in [3.63, 3.8) is 0 Å². The van der Waals surface area contributed by atoms with E-state index in [2.05, 4.69) is 10.5 Å². The molecule has 1 aliphatic heterocycles. The standard InChI is InChI=1S/C16H14N2O4/c19-13-3-1-2-11(8-13)10-17-18-16(20)12-4-5-14-15(9-12)22-7-6-21-14/h1-5,8-10,19H,6-7H2,(H,18,20). The zero-order valence-electron chi connectivity index (χ0n) is 11.7. The van der Waals surface area contributed by atoms with E-state index in [4.69, 9.17) is 9.47 Å². The van der Waals surface area contributed by atoms with Crippen LogP contribution < -0.4 is 14.9 Å². The summed E-state index contributed by atoms with van der Waals surface area (Å²) in [5.74, 6) is 0.970. The van der Waals surface area contributed by atoms with Gasteiger partial charge in [-0.15, -0.1) is 0 Å². The molecule has 0 bridgehead atoms. The Labute approximate surface area is 127 Å². The molecule has 3 rings (SSSR count). The van der Waals surface area contributed by atoms with Crippen molar-refractivity contribution in [2.75, 3.05) is 13.2 Å². The van der Waals surface area contributed by atoms with E-state index in [1.54, 1.807) is 42.5 Å². The van der Waals surface area contributed by atoms with Crippen molar-refractivity contribution in [3.05, 3.63) is 53.6 Å². The largest absolute Gasteiger partial charge is 0.508 e. The molecule has 0 aromatic heterocycles. The van der Waals surface area contributed by atoms with E-state index in [-0.39, 0.29) is 11.7 Å². The van der Waals surface area contributed by atoms with Crippen LogP contribution in [0.3, 0.4) is 0 Å². The monoisotopic (exact) mass is 298 g/mol. The van der Waals surface area contributed by atoms with E-state index in [0.717, 1.165) is 0 Å². The van der Waals surface area contributed by atoms with Gasteiger partial charge >= 0.3 is 0 Å². The van der Waals surface area contributed by atoms with Gasteiger partial charge in [0.15, 0.2) is 11.5 Å². The summed E-state index contributed by atoms with van der Waals surface area (Å²) < 4.78 is 10.8. The molecule has 112 valence electrons. The lowest BCUT2D eigenvalue weighted by Gasteiger charge is -2.18. The smallest absolute Gasteiger partial charge is 0.271 e. The van der Waals surface area contributed by atoms with Gasteiger partial charge in [-0.05, 0) is 35.9 Å². The SMILES string of the molecule is O=C(NN=Cc1cccc(O)c1)c1ccc2c(c1)OCCO2. The van der Waals surface area contributed by atoms with Gasteiger partial charge in [-0.3, -0.25) is 4.79 Å². The van der Waals surface area contributed by atoms with Gasteiger partial charge in [0, 0.05) is 5.56 Å². The van der Waals surface area contributed by atoms with E-state index < -0.39 is 0 Å². The predicted octanol–water partition coefficient (Wildman–Crippen LogP) is 1.93. The Morgan fingerprint density at radius 3 is 2.77 bits per heavy atom. The van der Waals surface area contributed by atoms with Crippen molar-refractivity contribution in [1.29, 1.82) is 0 Å². The van der Waals surface area contributed by atoms with Crippen LogP contribution in [0.15, 0.2) is 47.6 Å². The molecule has 6 heteroatoms. The molecule has 0 fully saturated rings. The van der Waals surface area contributed by atoms with E-state index in [0.29, 0.717) is 35.8 Å². The first-order chi connectivity index (χ1) is 10.7. The van der Waals surface area contributed by atoms with Crippen molar-refractivity contribution in [1.82, 2.24) is 5.43 Å². The number of hydrazone groups is 1. The fourth-order valence-corrected chi connectivity index (χ4v) is 2.02. The average molecular weight is 298 g/mol. The van der Waals surface area contributed by atoms with Crippen LogP contribution in [0.25, 0.3) is 0 Å². The summed E-state index contributed by atoms with van der Waals surface area (Å²) in [5, 5.41) is 13.2. The number of fused-ring (bicyclic) bond motifs is 1. The number of nitrogens with one attached hydrogen (secondary N) is 1. The molecule has 0 saturated carbocycles. The van der Waals surface area contributed by atoms with Gasteiger partial charge in [0.1, 0.15) is 19.0 Å². The number of rotatable bonds is 3. The topological polar surface area (TPSA) is 80.2 Å². The van der Waals surface area contributed by atoms with Gasteiger partial charge < -0.3 is 14.6 Å². The Balaban J connectivity index is 1.67. The van der Waals surface area contributed by atoms with Gasteiger partial charge in [-0.25, -0.2) is 5.43 Å². The molecule has 22 heavy (non-hydrogen) atoms. The molecule has 6 nitrogen and oxygen atoms in total. The van der Waals surface area contributed by atoms with Crippen molar-refractivity contribution >= 4 is 12.1 Å². The van der Waals surface area contributed by atoms with Crippen LogP contribution >= 0.6 is 0 Å². The lowest BCUT2D eigenvalue weighted by molar-refractivity contribution is 0.0954. The normalized spacial score (nSPS) is 13.1. The minimum absolute atomic E-state index is 0.141. The Kier molecular flexibility index (Phi) is 3.91. The number of aromatic hydroxyl groups is 1. The van der Waals surface area contributed by atoms with Crippen LogP contribution in [-0.4, -0.2) is 30.4 Å². The molecule has 0 saturated heterocycles. The number of ether oxygens (including phenoxy) is 2. The fraction of sp³-hybridized carbons (Fsp3) is 0.125. The number of amides is 1. The molecule has 0 aliphatic carbocycles. The Hall–Kier alpha value is -3.02. The molecule has 1 aliphatic rings. The summed E-state index contributed by atoms with van der Waals surface area (Å²) in [5.41, 5.74) is 3.54. The van der Waals surface area contributed by atoms with Gasteiger partial charge in [-0.2, -0.15) is 5.10 Å². The van der Waals surface area contributed by atoms with Gasteiger partial charge in [0.2, 0.25) is 0 Å². The highest BCUT2D eigenvalue weighted by Gasteiger charge is 2.14. The summed E-state index contributed by atoms with van der Waals surface area (Å²) in [6.45, 7) is 0.973. The summed E-state index contributed by atoms with van der Waals surface area (Å²) in [4.78, 5) is 12.0. The lowest BCUT2D eigenvalue weighted by Crippen LogP contribution is -2.19. The predicted molar refractivity (Wildman–Crippen MR) is 80.6 cm³/mol. The second-order valence-corrected chi connectivity index (χ2v) is 4.65. The Bertz CT molecular complexity index is 728. The second-order valence-electron chi connectivity index (χ2n) is 4.65. The molecular formula is C16H14N2O4. The zero-order chi connectivity index (χ0) is 15.4. The van der Waals surface area contributed by atoms with E-state index in [1.807, 2.05) is 0 Å². The number of carbonyl (C=O) groups is 1. The van der Waals surface area contributed by atoms with Crippen molar-refractivity contribution in [2.45, 2.75) is 0 Å². The van der Waals surface area contributed by atoms with Crippen LogP contribution in [0.1, 0.15) is 15.9 Å². The van der Waals surface area contributed by atoms with Crippen LogP contribution in [0.2, 0.25) is 0 Å². The van der Waals surface area contributed by atoms with E-state index >= 15 is 0 Å². The number of phenols is 1. The molecule has 0 spiro atoms. The highest BCUT2D eigenvalue weighted by atomic mass is 16.6. The van der Waals surface area contributed by atoms with Gasteiger partial charge in [0.05, 0.1) is 6.21 Å². The van der Waals surface area contributed by atoms with Crippen molar-refractivity contribution in [3.8, 4) is 17.2 Å². The van der Waals surface area contributed by atoms with E-state index in [9.17, 15) is 9.90 Å². The molecule has 2 aromatic carbocycles. The highest BCUT2D eigenvalue weighted by Crippen LogP contribution is 2.30. The van der Waals surface area contributed by atoms with Gasteiger partial charge in [0.25, 0.3) is 5.91 Å². The third-order valence-corrected chi connectivity index (χ3v) is 3.05. The van der Waals surface area contributed by atoms with Crippen LogP contribution in [0.4, 0.5) is 0 Å². The second kappa shape index (κ2) is 6.17. The van der Waals surface area contributed by atoms with E-state index in [1.165, 1.54) is 6.21 Å². The summed E-state index contributed by atoms with van der Waals surface area (Å²) >= 11 is 0. The fourth-order valence-electron chi connectivity index (χ4n) is 2.02. The number of carbonyl (C=O) groups excluding carboxylic acids is 1. The maximum absolute atomic E-state index is 12.0. The Morgan fingerprint density at radius 1 is 1.14 bits per heavy atom. The molecule has 0 unspecified atom stereocenters. The third-order valence-electron chi connectivity index (χ3n) is 3.05. The molecule has 2 N–H and O–H groups in total. The van der Waals surface area contributed by atoms with Crippen LogP contribution in [0, 0.1) is 0 Å². The minimum atomic E-state index is -0.353. The van der Waals surface area contributed by atoms with Crippen LogP contribution in [0.5, 0.6) is 17.2 Å². The van der Waals surface area contributed by atoms with Crippen molar-refractivity contribution < 1.29 is 19.4 Å². The number of nitrogens with zero attached hydrogens (tertiary/aromatic N) is 1. The molecule has 1 heterocycles. The molecule has 2 aromatic rings. The summed E-state index contributed by atoms with van der Waals surface area (Å²) in [6, 6.07) is 11.5. The number of phenolic OH excluding ortho intramolecular Hbond substituents is 1. The maximum atomic E-state index is 12.0. The van der Waals surface area contributed by atoms with Gasteiger partial charge in [-0.1, -0.05) is 12.1 Å². The first kappa shape index (κ1) is 13.9. The average Bonchev–Trinajstić information content (AvgIpc) is 2.54. The maximum Gasteiger partial charge on any atom is 0.271 e. The van der Waals surface area contributed by atoms with Crippen molar-refractivity contribution in [2.24, 2.45) is 5.10 Å². The first-order valence-electron chi connectivity index (χ1n) is 6.74.